The molecule has 21 heavy (non-hydrogen) atoms. The molecule has 7 nitrogen and oxygen atoms in total. The second-order valence-corrected chi connectivity index (χ2v) is 7.24. The molecule has 0 saturated carbocycles. The molecule has 2 rings (SSSR count). The number of hydrogen-bond donors (Lipinski definition) is 3. The molecule has 1 aliphatic heterocycles. The molecule has 0 amide bonds. The summed E-state index contributed by atoms with van der Waals surface area (Å²) < 4.78 is 27.1. The van der Waals surface area contributed by atoms with Gasteiger partial charge in [0.25, 0.3) is 0 Å². The Hall–Kier alpha value is -1.35. The smallest absolute Gasteiger partial charge is 0.240 e. The third-order valence-corrected chi connectivity index (χ3v) is 5.22. The maximum Gasteiger partial charge on any atom is 0.240 e. The third kappa shape index (κ3) is 3.85. The van der Waals surface area contributed by atoms with Gasteiger partial charge in [-0.05, 0) is 32.3 Å². The Kier molecular flexibility index (Phi) is 4.72. The fourth-order valence-electron chi connectivity index (χ4n) is 2.31. The van der Waals surface area contributed by atoms with E-state index in [4.69, 9.17) is 5.73 Å². The standard InChI is InChI=1S/C13H22N4O3S/c1-16-5-6-17(2)10(9-16)8-15-21(19,20)11-3-4-13(18)12(14)7-11/h3-4,7,10,15,18H,5-6,8-9,14H2,1-2H3. The number of rotatable bonds is 4. The van der Waals surface area contributed by atoms with Crippen LogP contribution in [0.3, 0.4) is 0 Å². The molecule has 1 aromatic carbocycles. The van der Waals surface area contributed by atoms with Gasteiger partial charge in [0.05, 0.1) is 10.6 Å². The lowest BCUT2D eigenvalue weighted by molar-refractivity contribution is 0.117. The Morgan fingerprint density at radius 1 is 1.38 bits per heavy atom. The molecule has 1 unspecified atom stereocenters. The lowest BCUT2D eigenvalue weighted by Gasteiger charge is -2.37. The minimum atomic E-state index is -3.63. The highest BCUT2D eigenvalue weighted by Crippen LogP contribution is 2.23. The van der Waals surface area contributed by atoms with Gasteiger partial charge < -0.3 is 15.7 Å². The van der Waals surface area contributed by atoms with Gasteiger partial charge in [0, 0.05) is 32.2 Å². The number of phenolic OH excluding ortho intramolecular Hbond substituents is 1. The molecule has 1 fully saturated rings. The largest absolute Gasteiger partial charge is 0.506 e. The number of nitrogens with two attached hydrogens (primary N) is 1. The number of nitrogen functional groups attached to an aromatic ring is 1. The van der Waals surface area contributed by atoms with Crippen LogP contribution in [0.1, 0.15) is 0 Å². The lowest BCUT2D eigenvalue weighted by atomic mass is 10.2. The molecule has 0 bridgehead atoms. The number of piperazine rings is 1. The second kappa shape index (κ2) is 6.18. The number of phenols is 1. The Morgan fingerprint density at radius 3 is 2.76 bits per heavy atom. The predicted octanol–water partition coefficient (Wildman–Crippen LogP) is -0.501. The van der Waals surface area contributed by atoms with E-state index in [0.717, 1.165) is 19.6 Å². The summed E-state index contributed by atoms with van der Waals surface area (Å²) in [5.74, 6) is -0.123. The van der Waals surface area contributed by atoms with Crippen molar-refractivity contribution in [1.29, 1.82) is 0 Å². The van der Waals surface area contributed by atoms with Gasteiger partial charge in [-0.3, -0.25) is 4.90 Å². The van der Waals surface area contributed by atoms with Crippen molar-refractivity contribution in [1.82, 2.24) is 14.5 Å². The van der Waals surface area contributed by atoms with Crippen LogP contribution in [0.15, 0.2) is 23.1 Å². The summed E-state index contributed by atoms with van der Waals surface area (Å²) in [7, 11) is 0.387. The van der Waals surface area contributed by atoms with Crippen LogP contribution < -0.4 is 10.5 Å². The van der Waals surface area contributed by atoms with Crippen LogP contribution in [0.25, 0.3) is 0 Å². The molecule has 0 aliphatic carbocycles. The first-order valence-electron chi connectivity index (χ1n) is 6.76. The van der Waals surface area contributed by atoms with E-state index in [1.165, 1.54) is 18.2 Å². The summed E-state index contributed by atoms with van der Waals surface area (Å²) in [6, 6.07) is 4.01. The summed E-state index contributed by atoms with van der Waals surface area (Å²) in [4.78, 5) is 4.38. The minimum absolute atomic E-state index is 0.0485. The number of nitrogens with one attached hydrogen (secondary N) is 1. The first-order valence-corrected chi connectivity index (χ1v) is 8.25. The van der Waals surface area contributed by atoms with Crippen LogP contribution in [0.5, 0.6) is 5.75 Å². The van der Waals surface area contributed by atoms with Crippen molar-refractivity contribution < 1.29 is 13.5 Å². The molecule has 1 atom stereocenters. The van der Waals surface area contributed by atoms with Crippen LogP contribution in [0, 0.1) is 0 Å². The third-order valence-electron chi connectivity index (χ3n) is 3.80. The quantitative estimate of drug-likeness (QED) is 0.512. The van der Waals surface area contributed by atoms with Gasteiger partial charge >= 0.3 is 0 Å². The summed E-state index contributed by atoms with van der Waals surface area (Å²) in [6.07, 6.45) is 0. The van der Waals surface area contributed by atoms with E-state index in [1.54, 1.807) is 0 Å². The number of nitrogens with zero attached hydrogens (tertiary/aromatic N) is 2. The molecular formula is C13H22N4O3S. The van der Waals surface area contributed by atoms with Crippen LogP contribution >= 0.6 is 0 Å². The first-order chi connectivity index (χ1) is 9.79. The molecule has 1 aliphatic rings. The molecule has 1 saturated heterocycles. The fraction of sp³-hybridized carbons (Fsp3) is 0.538. The second-order valence-electron chi connectivity index (χ2n) is 5.47. The molecule has 0 aromatic heterocycles. The monoisotopic (exact) mass is 314 g/mol. The van der Waals surface area contributed by atoms with Crippen molar-refractivity contribution in [2.45, 2.75) is 10.9 Å². The van der Waals surface area contributed by atoms with Gasteiger partial charge in [-0.15, -0.1) is 0 Å². The van der Waals surface area contributed by atoms with Gasteiger partial charge in [0.2, 0.25) is 10.0 Å². The minimum Gasteiger partial charge on any atom is -0.506 e. The number of sulfonamides is 1. The average molecular weight is 314 g/mol. The molecular weight excluding hydrogens is 292 g/mol. The van der Waals surface area contributed by atoms with Crippen molar-refractivity contribution in [3.63, 3.8) is 0 Å². The molecule has 0 radical (unpaired) electrons. The Balaban J connectivity index is 2.05. The molecule has 4 N–H and O–H groups in total. The normalized spacial score (nSPS) is 21.5. The number of hydrogen-bond acceptors (Lipinski definition) is 6. The van der Waals surface area contributed by atoms with Crippen LogP contribution in [-0.2, 0) is 10.0 Å². The number of anilines is 1. The Bertz CT molecular complexity index is 605. The molecule has 1 aromatic rings. The van der Waals surface area contributed by atoms with Gasteiger partial charge in [-0.25, -0.2) is 13.1 Å². The fourth-order valence-corrected chi connectivity index (χ4v) is 3.42. The zero-order valence-electron chi connectivity index (χ0n) is 12.3. The predicted molar refractivity (Wildman–Crippen MR) is 81.6 cm³/mol. The average Bonchev–Trinajstić information content (AvgIpc) is 2.43. The van der Waals surface area contributed by atoms with E-state index in [2.05, 4.69) is 14.5 Å². The molecule has 118 valence electrons. The van der Waals surface area contributed by atoms with Gasteiger partial charge in [-0.1, -0.05) is 0 Å². The zero-order valence-corrected chi connectivity index (χ0v) is 13.1. The molecule has 8 heteroatoms. The van der Waals surface area contributed by atoms with Crippen molar-refractivity contribution >= 4 is 15.7 Å². The van der Waals surface area contributed by atoms with Crippen molar-refractivity contribution in [2.24, 2.45) is 0 Å². The van der Waals surface area contributed by atoms with E-state index >= 15 is 0 Å². The van der Waals surface area contributed by atoms with Gasteiger partial charge in [-0.2, -0.15) is 0 Å². The van der Waals surface area contributed by atoms with E-state index in [0.29, 0.717) is 6.54 Å². The topological polar surface area (TPSA) is 98.9 Å². The summed E-state index contributed by atoms with van der Waals surface area (Å²) >= 11 is 0. The molecule has 0 spiro atoms. The van der Waals surface area contributed by atoms with E-state index in [1.807, 2.05) is 14.1 Å². The van der Waals surface area contributed by atoms with Crippen LogP contribution in [-0.4, -0.2) is 69.6 Å². The molecule has 1 heterocycles. The summed E-state index contributed by atoms with van der Waals surface area (Å²) in [5, 5.41) is 9.35. The maximum absolute atomic E-state index is 12.2. The van der Waals surface area contributed by atoms with Crippen molar-refractivity contribution in [3.8, 4) is 5.75 Å². The first kappa shape index (κ1) is 16.0. The summed E-state index contributed by atoms with van der Waals surface area (Å²) in [5.41, 5.74) is 5.59. The van der Waals surface area contributed by atoms with Crippen LogP contribution in [0.4, 0.5) is 5.69 Å². The van der Waals surface area contributed by atoms with Gasteiger partial charge in [0.15, 0.2) is 0 Å². The highest BCUT2D eigenvalue weighted by atomic mass is 32.2. The lowest BCUT2D eigenvalue weighted by Crippen LogP contribution is -2.54. The van der Waals surface area contributed by atoms with E-state index in [-0.39, 0.29) is 22.4 Å². The number of benzene rings is 1. The maximum atomic E-state index is 12.2. The van der Waals surface area contributed by atoms with Crippen molar-refractivity contribution in [2.75, 3.05) is 46.0 Å². The van der Waals surface area contributed by atoms with E-state index in [9.17, 15) is 13.5 Å². The van der Waals surface area contributed by atoms with E-state index < -0.39 is 10.0 Å². The Morgan fingerprint density at radius 2 is 2.10 bits per heavy atom. The highest BCUT2D eigenvalue weighted by Gasteiger charge is 2.24. The zero-order chi connectivity index (χ0) is 15.6. The number of likely N-dealkylation sites (N-methyl/N-ethyl adjacent to an activating group) is 2. The highest BCUT2D eigenvalue weighted by molar-refractivity contribution is 7.89. The van der Waals surface area contributed by atoms with Gasteiger partial charge in [0.1, 0.15) is 5.75 Å². The summed E-state index contributed by atoms with van der Waals surface area (Å²) in [6.45, 7) is 3.05. The number of aromatic hydroxyl groups is 1. The van der Waals surface area contributed by atoms with Crippen LogP contribution in [0.2, 0.25) is 0 Å². The van der Waals surface area contributed by atoms with Crippen molar-refractivity contribution in [3.05, 3.63) is 18.2 Å². The Labute approximate surface area is 125 Å². The SMILES string of the molecule is CN1CCN(C)C(CNS(=O)(=O)c2ccc(O)c(N)c2)C1.